The Kier molecular flexibility index (Phi) is 5.91. The Hall–Kier alpha value is -2.99. The number of rotatable bonds is 5. The zero-order valence-corrected chi connectivity index (χ0v) is 18.4. The van der Waals surface area contributed by atoms with Gasteiger partial charge in [0.15, 0.2) is 9.84 Å². The van der Waals surface area contributed by atoms with Gasteiger partial charge in [0.25, 0.3) is 0 Å². The van der Waals surface area contributed by atoms with Crippen molar-refractivity contribution in [2.75, 3.05) is 5.75 Å². The van der Waals surface area contributed by atoms with Gasteiger partial charge in [-0.1, -0.05) is 6.92 Å². The Morgan fingerprint density at radius 1 is 1.03 bits per heavy atom. The largest absolute Gasteiger partial charge is 0.446 e. The first kappa shape index (κ1) is 23.2. The van der Waals surface area contributed by atoms with Gasteiger partial charge in [-0.05, 0) is 47.7 Å². The Morgan fingerprint density at radius 3 is 2.36 bits per heavy atom. The van der Waals surface area contributed by atoms with Gasteiger partial charge in [-0.3, -0.25) is 4.98 Å². The summed E-state index contributed by atoms with van der Waals surface area (Å²) in [4.78, 5) is 8.15. The number of benzene rings is 1. The van der Waals surface area contributed by atoms with E-state index in [1.165, 1.54) is 48.1 Å². The monoisotopic (exact) mass is 499 g/mol. The summed E-state index contributed by atoms with van der Waals surface area (Å²) >= 11 is -0.293. The summed E-state index contributed by atoms with van der Waals surface area (Å²) in [5, 5.41) is 0. The molecule has 0 atom stereocenters. The number of alkyl halides is 3. The van der Waals surface area contributed by atoms with Crippen LogP contribution in [0.1, 0.15) is 6.92 Å². The molecule has 0 unspecified atom stereocenters. The van der Waals surface area contributed by atoms with E-state index in [0.29, 0.717) is 6.07 Å². The van der Waals surface area contributed by atoms with E-state index < -0.39 is 27.0 Å². The maximum atomic E-state index is 13.6. The minimum absolute atomic E-state index is 0.0220. The maximum Gasteiger partial charge on any atom is 0.446 e. The first-order valence-electron chi connectivity index (χ1n) is 9.39. The van der Waals surface area contributed by atoms with E-state index in [4.69, 9.17) is 0 Å². The summed E-state index contributed by atoms with van der Waals surface area (Å²) in [6, 6.07) is 6.52. The van der Waals surface area contributed by atoms with Crippen molar-refractivity contribution >= 4 is 27.2 Å². The first-order chi connectivity index (χ1) is 15.4. The molecule has 4 rings (SSSR count). The van der Waals surface area contributed by atoms with Crippen LogP contribution in [0.4, 0.5) is 22.0 Å². The van der Waals surface area contributed by atoms with E-state index in [1.54, 1.807) is 0 Å². The van der Waals surface area contributed by atoms with Gasteiger partial charge < -0.3 is 4.40 Å². The number of imidazole rings is 1. The van der Waals surface area contributed by atoms with Crippen LogP contribution in [0.5, 0.6) is 0 Å². The Morgan fingerprint density at radius 2 is 1.73 bits per heavy atom. The normalized spacial score (nSPS) is 12.4. The molecule has 0 spiro atoms. The summed E-state index contributed by atoms with van der Waals surface area (Å²) in [6.45, 7) is 1.43. The van der Waals surface area contributed by atoms with Crippen molar-refractivity contribution in [1.82, 2.24) is 14.4 Å². The molecule has 0 saturated heterocycles. The van der Waals surface area contributed by atoms with Crippen LogP contribution in [-0.2, 0) is 9.84 Å². The Bertz CT molecular complexity index is 1450. The van der Waals surface area contributed by atoms with Gasteiger partial charge in [-0.15, -0.1) is 0 Å². The van der Waals surface area contributed by atoms with Crippen LogP contribution in [0.2, 0.25) is 0 Å². The van der Waals surface area contributed by atoms with Crippen LogP contribution in [0.25, 0.3) is 28.2 Å². The number of sulfone groups is 1. The average molecular weight is 499 g/mol. The predicted octanol–water partition coefficient (Wildman–Crippen LogP) is 5.75. The van der Waals surface area contributed by atoms with Gasteiger partial charge in [0, 0.05) is 35.1 Å². The lowest BCUT2D eigenvalue weighted by Crippen LogP contribution is -2.07. The van der Waals surface area contributed by atoms with Crippen LogP contribution < -0.4 is 0 Å². The van der Waals surface area contributed by atoms with Gasteiger partial charge in [-0.2, -0.15) is 13.2 Å². The summed E-state index contributed by atoms with van der Waals surface area (Å²) in [5.74, 6) is -1.94. The lowest BCUT2D eigenvalue weighted by Gasteiger charge is -2.10. The van der Waals surface area contributed by atoms with Crippen LogP contribution >= 0.6 is 11.8 Å². The van der Waals surface area contributed by atoms with Gasteiger partial charge in [-0.25, -0.2) is 22.2 Å². The van der Waals surface area contributed by atoms with E-state index >= 15 is 0 Å². The second-order valence-electron chi connectivity index (χ2n) is 6.93. The molecule has 0 N–H and O–H groups in total. The third kappa shape index (κ3) is 5.01. The predicted molar refractivity (Wildman–Crippen MR) is 113 cm³/mol. The van der Waals surface area contributed by atoms with Crippen LogP contribution in [0.15, 0.2) is 64.8 Å². The molecule has 0 amide bonds. The number of halogens is 5. The minimum Gasteiger partial charge on any atom is -0.306 e. The molecule has 3 heterocycles. The maximum absolute atomic E-state index is 13.6. The number of thioether (sulfide) groups is 1. The molecule has 0 saturated carbocycles. The molecule has 0 fully saturated rings. The first-order valence-corrected chi connectivity index (χ1v) is 11.9. The Labute approximate surface area is 189 Å². The summed E-state index contributed by atoms with van der Waals surface area (Å²) in [7, 11) is -3.85. The van der Waals surface area contributed by atoms with Crippen LogP contribution in [-0.4, -0.2) is 34.0 Å². The zero-order chi connectivity index (χ0) is 24.0. The molecular formula is C21H14F5N3O2S2. The second kappa shape index (κ2) is 8.41. The highest BCUT2D eigenvalue weighted by molar-refractivity contribution is 8.00. The molecule has 0 bridgehead atoms. The highest BCUT2D eigenvalue weighted by Gasteiger charge is 2.29. The summed E-state index contributed by atoms with van der Waals surface area (Å²) in [6.07, 6.45) is 4.07. The van der Waals surface area contributed by atoms with E-state index in [9.17, 15) is 30.4 Å². The molecule has 0 aliphatic heterocycles. The van der Waals surface area contributed by atoms with Crippen molar-refractivity contribution in [3.63, 3.8) is 0 Å². The smallest absolute Gasteiger partial charge is 0.306 e. The minimum atomic E-state index is -4.47. The van der Waals surface area contributed by atoms with E-state index in [2.05, 4.69) is 9.97 Å². The fourth-order valence-electron chi connectivity index (χ4n) is 3.18. The average Bonchev–Trinajstić information content (AvgIpc) is 3.14. The fraction of sp³-hybridized carbons (Fsp3) is 0.143. The lowest BCUT2D eigenvalue weighted by molar-refractivity contribution is -0.0328. The van der Waals surface area contributed by atoms with Crippen molar-refractivity contribution in [3.05, 3.63) is 66.6 Å². The fourth-order valence-corrected chi connectivity index (χ4v) is 4.81. The molecule has 172 valence electrons. The second-order valence-corrected chi connectivity index (χ2v) is 10.3. The quantitative estimate of drug-likeness (QED) is 0.259. The number of hydrogen-bond donors (Lipinski definition) is 0. The zero-order valence-electron chi connectivity index (χ0n) is 16.8. The van der Waals surface area contributed by atoms with Crippen molar-refractivity contribution in [2.24, 2.45) is 0 Å². The van der Waals surface area contributed by atoms with E-state index in [-0.39, 0.29) is 55.5 Å². The van der Waals surface area contributed by atoms with Crippen LogP contribution in [0, 0.1) is 11.6 Å². The standard InChI is InChI=1S/C21H14F5N3O2S2/c1-2-33(30,31)18-7-13(12-5-14(22)8-15(23)6-12)10-27-20(18)17-11-29-4-3-16(9-19(29)28-17)32-21(24,25)26/h3-11H,2H2,1H3. The van der Waals surface area contributed by atoms with Crippen molar-refractivity contribution in [1.29, 1.82) is 0 Å². The molecule has 1 aromatic carbocycles. The van der Waals surface area contributed by atoms with Crippen molar-refractivity contribution < 1.29 is 30.4 Å². The summed E-state index contributed by atoms with van der Waals surface area (Å²) < 4.78 is 92.3. The highest BCUT2D eigenvalue weighted by Crippen LogP contribution is 2.37. The third-order valence-electron chi connectivity index (χ3n) is 4.67. The third-order valence-corrected chi connectivity index (χ3v) is 7.13. The van der Waals surface area contributed by atoms with Gasteiger partial charge >= 0.3 is 5.51 Å². The van der Waals surface area contributed by atoms with Crippen LogP contribution in [0.3, 0.4) is 0 Å². The topological polar surface area (TPSA) is 64.3 Å². The van der Waals surface area contributed by atoms with Gasteiger partial charge in [0.05, 0.1) is 10.6 Å². The molecule has 0 radical (unpaired) electrons. The molecule has 0 aliphatic rings. The number of fused-ring (bicyclic) bond motifs is 1. The SMILES string of the molecule is CCS(=O)(=O)c1cc(-c2cc(F)cc(F)c2)cnc1-c1cn2ccc(SC(F)(F)F)cc2n1. The van der Waals surface area contributed by atoms with Crippen molar-refractivity contribution in [2.45, 2.75) is 22.2 Å². The van der Waals surface area contributed by atoms with Gasteiger partial charge in [0.1, 0.15) is 28.7 Å². The Balaban J connectivity index is 1.85. The molecule has 0 aliphatic carbocycles. The molecule has 33 heavy (non-hydrogen) atoms. The van der Waals surface area contributed by atoms with Gasteiger partial charge in [0.2, 0.25) is 0 Å². The summed E-state index contributed by atoms with van der Waals surface area (Å²) in [5.41, 5.74) is -3.93. The van der Waals surface area contributed by atoms with Crippen molar-refractivity contribution in [3.8, 4) is 22.5 Å². The molecule has 5 nitrogen and oxygen atoms in total. The molecule has 4 aromatic rings. The lowest BCUT2D eigenvalue weighted by atomic mass is 10.1. The number of pyridine rings is 2. The number of nitrogens with zero attached hydrogens (tertiary/aromatic N) is 3. The molecular weight excluding hydrogens is 485 g/mol. The highest BCUT2D eigenvalue weighted by atomic mass is 32.2. The molecule has 12 heteroatoms. The van der Waals surface area contributed by atoms with E-state index in [0.717, 1.165) is 12.1 Å². The number of aromatic nitrogens is 3. The van der Waals surface area contributed by atoms with E-state index in [1.807, 2.05) is 0 Å². The number of hydrogen-bond acceptors (Lipinski definition) is 5. The molecule has 3 aromatic heterocycles.